The lowest BCUT2D eigenvalue weighted by atomic mass is 10.5. The van der Waals surface area contributed by atoms with Crippen molar-refractivity contribution in [2.24, 2.45) is 0 Å². The zero-order valence-electron chi connectivity index (χ0n) is 8.84. The molecule has 2 aromatic rings. The smallest absolute Gasteiger partial charge is 0.0833 e. The average molecular weight is 221 g/mol. The summed E-state index contributed by atoms with van der Waals surface area (Å²) in [6.07, 6.45) is 8.04. The van der Waals surface area contributed by atoms with Gasteiger partial charge in [0, 0.05) is 24.3 Å². The van der Waals surface area contributed by atoms with Crippen LogP contribution < -0.4 is 0 Å². The minimum atomic E-state index is 0.986. The highest BCUT2D eigenvalue weighted by Gasteiger charge is 1.98. The summed E-state index contributed by atoms with van der Waals surface area (Å²) in [5.74, 6) is 2.30. The molecule has 2 aromatic heterocycles. The maximum absolute atomic E-state index is 4.33. The minimum Gasteiger partial charge on any atom is -0.321 e. The van der Waals surface area contributed by atoms with Gasteiger partial charge in [-0.3, -0.25) is 4.68 Å². The Bertz CT molecular complexity index is 392. The van der Waals surface area contributed by atoms with Gasteiger partial charge in [-0.1, -0.05) is 6.92 Å². The Morgan fingerprint density at radius 1 is 1.33 bits per heavy atom. The molecule has 4 heteroatoms. The molecule has 0 fully saturated rings. The Balaban J connectivity index is 1.98. The normalized spacial score (nSPS) is 10.7. The van der Waals surface area contributed by atoms with Crippen molar-refractivity contribution in [3.63, 3.8) is 0 Å². The lowest BCUT2D eigenvalue weighted by Gasteiger charge is -1.99. The van der Waals surface area contributed by atoms with E-state index in [-0.39, 0.29) is 0 Å². The van der Waals surface area contributed by atoms with Crippen LogP contribution in [-0.2, 0) is 6.54 Å². The van der Waals surface area contributed by atoms with Gasteiger partial charge in [0.05, 0.1) is 18.4 Å². The molecular weight excluding hydrogens is 206 g/mol. The van der Waals surface area contributed by atoms with E-state index in [1.165, 1.54) is 5.75 Å². The van der Waals surface area contributed by atoms with Crippen LogP contribution in [0.5, 0.6) is 0 Å². The lowest BCUT2D eigenvalue weighted by Crippen LogP contribution is -2.00. The second-order valence-corrected chi connectivity index (χ2v) is 4.64. The van der Waals surface area contributed by atoms with Crippen LogP contribution in [0.25, 0.3) is 5.69 Å². The first-order valence-electron chi connectivity index (χ1n) is 5.13. The van der Waals surface area contributed by atoms with Crippen LogP contribution in [0.4, 0.5) is 0 Å². The Labute approximate surface area is 94.1 Å². The van der Waals surface area contributed by atoms with Gasteiger partial charge < -0.3 is 4.57 Å². The van der Waals surface area contributed by atoms with Crippen LogP contribution in [0.1, 0.15) is 6.92 Å². The molecule has 0 saturated heterocycles. The Kier molecular flexibility index (Phi) is 3.50. The molecule has 2 heterocycles. The van der Waals surface area contributed by atoms with Crippen molar-refractivity contribution in [3.05, 3.63) is 36.9 Å². The second-order valence-electron chi connectivity index (χ2n) is 3.25. The van der Waals surface area contributed by atoms with E-state index in [4.69, 9.17) is 0 Å². The fourth-order valence-electron chi connectivity index (χ4n) is 1.42. The summed E-state index contributed by atoms with van der Waals surface area (Å²) < 4.78 is 4.06. The van der Waals surface area contributed by atoms with Crippen molar-refractivity contribution >= 4 is 11.8 Å². The van der Waals surface area contributed by atoms with Crippen molar-refractivity contribution in [2.45, 2.75) is 13.5 Å². The molecule has 0 N–H and O–H groups in total. The fraction of sp³-hybridized carbons (Fsp3) is 0.364. The number of nitrogens with zero attached hydrogens (tertiary/aromatic N) is 3. The SMILES string of the molecule is CCSCCn1cc(-n2cccc2)cn1. The van der Waals surface area contributed by atoms with E-state index >= 15 is 0 Å². The van der Waals surface area contributed by atoms with E-state index in [0.29, 0.717) is 0 Å². The Hall–Kier alpha value is -1.16. The van der Waals surface area contributed by atoms with Gasteiger partial charge in [0.2, 0.25) is 0 Å². The first-order valence-corrected chi connectivity index (χ1v) is 6.29. The van der Waals surface area contributed by atoms with Crippen molar-refractivity contribution in [2.75, 3.05) is 11.5 Å². The van der Waals surface area contributed by atoms with Crippen molar-refractivity contribution in [3.8, 4) is 5.69 Å². The molecule has 0 radical (unpaired) electrons. The number of aryl methyl sites for hydroxylation is 1. The summed E-state index contributed by atoms with van der Waals surface area (Å²) in [7, 11) is 0. The number of rotatable bonds is 5. The summed E-state index contributed by atoms with van der Waals surface area (Å²) in [6.45, 7) is 3.17. The molecule has 3 nitrogen and oxygen atoms in total. The third-order valence-corrected chi connectivity index (χ3v) is 3.07. The van der Waals surface area contributed by atoms with E-state index in [1.807, 2.05) is 47.2 Å². The maximum atomic E-state index is 4.33. The molecule has 0 atom stereocenters. The van der Waals surface area contributed by atoms with Gasteiger partial charge in [-0.05, 0) is 17.9 Å². The molecule has 15 heavy (non-hydrogen) atoms. The van der Waals surface area contributed by atoms with E-state index in [0.717, 1.165) is 18.0 Å². The van der Waals surface area contributed by atoms with Crippen LogP contribution in [0, 0.1) is 0 Å². The van der Waals surface area contributed by atoms with Crippen molar-refractivity contribution in [1.82, 2.24) is 14.3 Å². The summed E-state index contributed by atoms with van der Waals surface area (Å²) in [5.41, 5.74) is 1.13. The Morgan fingerprint density at radius 2 is 2.13 bits per heavy atom. The molecule has 0 bridgehead atoms. The van der Waals surface area contributed by atoms with Gasteiger partial charge in [-0.25, -0.2) is 0 Å². The van der Waals surface area contributed by atoms with E-state index in [9.17, 15) is 0 Å². The van der Waals surface area contributed by atoms with Gasteiger partial charge in [0.25, 0.3) is 0 Å². The molecule has 80 valence electrons. The zero-order chi connectivity index (χ0) is 10.5. The molecule has 0 aliphatic heterocycles. The highest BCUT2D eigenvalue weighted by Crippen LogP contribution is 2.07. The zero-order valence-corrected chi connectivity index (χ0v) is 9.65. The van der Waals surface area contributed by atoms with E-state index in [1.54, 1.807) is 0 Å². The summed E-state index contributed by atoms with van der Waals surface area (Å²) in [6, 6.07) is 4.04. The largest absolute Gasteiger partial charge is 0.321 e. The molecule has 0 aliphatic carbocycles. The fourth-order valence-corrected chi connectivity index (χ4v) is 2.02. The van der Waals surface area contributed by atoms with Crippen LogP contribution in [0.2, 0.25) is 0 Å². The number of hydrogen-bond donors (Lipinski definition) is 0. The summed E-state index contributed by atoms with van der Waals surface area (Å²) >= 11 is 1.94. The molecule has 0 unspecified atom stereocenters. The molecule has 0 spiro atoms. The molecular formula is C11H15N3S. The monoisotopic (exact) mass is 221 g/mol. The number of thioether (sulfide) groups is 1. The highest BCUT2D eigenvalue weighted by molar-refractivity contribution is 7.99. The van der Waals surface area contributed by atoms with E-state index in [2.05, 4.69) is 22.8 Å². The van der Waals surface area contributed by atoms with Crippen LogP contribution in [-0.4, -0.2) is 25.9 Å². The predicted octanol–water partition coefficient (Wildman–Crippen LogP) is 2.43. The molecule has 0 saturated carbocycles. The number of hydrogen-bond acceptors (Lipinski definition) is 2. The molecule has 0 amide bonds. The van der Waals surface area contributed by atoms with Crippen LogP contribution >= 0.6 is 11.8 Å². The quantitative estimate of drug-likeness (QED) is 0.724. The van der Waals surface area contributed by atoms with Gasteiger partial charge in [-0.15, -0.1) is 0 Å². The number of aromatic nitrogens is 3. The van der Waals surface area contributed by atoms with Crippen molar-refractivity contribution < 1.29 is 0 Å². The standard InChI is InChI=1S/C11H15N3S/c1-2-15-8-7-14-10-11(9-12-14)13-5-3-4-6-13/h3-6,9-10H,2,7-8H2,1H3. The second kappa shape index (κ2) is 5.07. The minimum absolute atomic E-state index is 0.986. The third kappa shape index (κ3) is 2.65. The van der Waals surface area contributed by atoms with Gasteiger partial charge in [0.15, 0.2) is 0 Å². The molecule has 2 rings (SSSR count). The van der Waals surface area contributed by atoms with Crippen LogP contribution in [0.3, 0.4) is 0 Å². The topological polar surface area (TPSA) is 22.8 Å². The lowest BCUT2D eigenvalue weighted by molar-refractivity contribution is 0.666. The van der Waals surface area contributed by atoms with Gasteiger partial charge in [0.1, 0.15) is 0 Å². The molecule has 0 aromatic carbocycles. The van der Waals surface area contributed by atoms with Gasteiger partial charge in [-0.2, -0.15) is 16.9 Å². The average Bonchev–Trinajstić information content (AvgIpc) is 2.87. The highest BCUT2D eigenvalue weighted by atomic mass is 32.2. The molecule has 0 aliphatic rings. The van der Waals surface area contributed by atoms with Crippen LogP contribution in [0.15, 0.2) is 36.9 Å². The first kappa shape index (κ1) is 10.4. The maximum Gasteiger partial charge on any atom is 0.0833 e. The van der Waals surface area contributed by atoms with Crippen molar-refractivity contribution in [1.29, 1.82) is 0 Å². The summed E-state index contributed by atoms with van der Waals surface area (Å²) in [4.78, 5) is 0. The first-order chi connectivity index (χ1) is 7.40. The third-order valence-electron chi connectivity index (χ3n) is 2.19. The Morgan fingerprint density at radius 3 is 2.87 bits per heavy atom. The van der Waals surface area contributed by atoms with Gasteiger partial charge >= 0.3 is 0 Å². The summed E-state index contributed by atoms with van der Waals surface area (Å²) in [5, 5.41) is 4.33. The van der Waals surface area contributed by atoms with E-state index < -0.39 is 0 Å². The predicted molar refractivity (Wildman–Crippen MR) is 64.6 cm³/mol.